The molecule has 3 aliphatic rings. The molecule has 0 unspecified atom stereocenters. The van der Waals surface area contributed by atoms with Crippen molar-refractivity contribution in [1.82, 2.24) is 9.97 Å². The van der Waals surface area contributed by atoms with E-state index in [2.05, 4.69) is 26.8 Å². The number of ketones is 1. The van der Waals surface area contributed by atoms with E-state index in [4.69, 9.17) is 15.2 Å². The van der Waals surface area contributed by atoms with Crippen molar-refractivity contribution in [3.05, 3.63) is 53.2 Å². The SMILES string of the molecule is NC1=N[C@@](c2cc(CC(=O)c3cnc(OCC#CC4CC4)cn3)ccc2F)(C(F)F)[C@H]2C[C@H]2O1. The van der Waals surface area contributed by atoms with Gasteiger partial charge in [-0.3, -0.25) is 4.79 Å². The fraction of sp³-hybridized carbons (Fsp3) is 0.417. The van der Waals surface area contributed by atoms with Crippen LogP contribution in [0.15, 0.2) is 35.6 Å². The smallest absolute Gasteiger partial charge is 0.283 e. The Balaban J connectivity index is 1.31. The minimum Gasteiger partial charge on any atom is -0.463 e. The molecule has 2 fully saturated rings. The number of halogens is 3. The molecule has 2 heterocycles. The Bertz CT molecular complexity index is 1200. The first-order chi connectivity index (χ1) is 16.4. The van der Waals surface area contributed by atoms with E-state index >= 15 is 0 Å². The standard InChI is InChI=1S/C24H21F3N4O3/c25-17-6-5-14(8-15(17)24(22(26)27)16-10-20(16)34-23(28)31-24)9-19(32)18-11-30-21(12-29-18)33-7-1-2-13-3-4-13/h5-6,8,11-13,16,20,22H,3-4,7,9-10H2,(H2,28,31)/t16-,20+,24+/m0/s1. The maximum absolute atomic E-state index is 14.7. The number of ether oxygens (including phenoxy) is 2. The number of aliphatic imine (C=N–C) groups is 1. The van der Waals surface area contributed by atoms with Crippen LogP contribution in [0.25, 0.3) is 0 Å². The van der Waals surface area contributed by atoms with E-state index in [9.17, 15) is 18.0 Å². The lowest BCUT2D eigenvalue weighted by molar-refractivity contribution is 0.0176. The molecule has 0 spiro atoms. The van der Waals surface area contributed by atoms with Crippen LogP contribution in [0.2, 0.25) is 0 Å². The summed E-state index contributed by atoms with van der Waals surface area (Å²) in [6.45, 7) is 0.183. The molecular weight excluding hydrogens is 449 g/mol. The van der Waals surface area contributed by atoms with Gasteiger partial charge in [-0.05, 0) is 37.0 Å². The predicted octanol–water partition coefficient (Wildman–Crippen LogP) is 3.03. The van der Waals surface area contributed by atoms with Crippen molar-refractivity contribution in [3.63, 3.8) is 0 Å². The number of nitrogens with two attached hydrogens (primary N) is 1. The fourth-order valence-corrected chi connectivity index (χ4v) is 4.12. The van der Waals surface area contributed by atoms with Gasteiger partial charge in [0.05, 0.1) is 12.4 Å². The zero-order valence-electron chi connectivity index (χ0n) is 18.0. The molecule has 0 radical (unpaired) electrons. The van der Waals surface area contributed by atoms with E-state index in [0.29, 0.717) is 17.9 Å². The van der Waals surface area contributed by atoms with Crippen molar-refractivity contribution in [2.75, 3.05) is 6.61 Å². The summed E-state index contributed by atoms with van der Waals surface area (Å²) in [5.74, 6) is 4.74. The van der Waals surface area contributed by atoms with Crippen molar-refractivity contribution in [2.24, 2.45) is 22.6 Å². The van der Waals surface area contributed by atoms with Gasteiger partial charge in [-0.15, -0.1) is 0 Å². The highest BCUT2D eigenvalue weighted by molar-refractivity contribution is 5.95. The highest BCUT2D eigenvalue weighted by atomic mass is 19.3. The Morgan fingerprint density at radius 3 is 2.82 bits per heavy atom. The Morgan fingerprint density at radius 2 is 2.12 bits per heavy atom. The van der Waals surface area contributed by atoms with Crippen molar-refractivity contribution < 1.29 is 27.4 Å². The van der Waals surface area contributed by atoms with E-state index in [-0.39, 0.29) is 30.2 Å². The molecule has 2 N–H and O–H groups in total. The van der Waals surface area contributed by atoms with Gasteiger partial charge in [0.2, 0.25) is 5.88 Å². The molecule has 1 aromatic heterocycles. The number of benzene rings is 1. The third-order valence-electron chi connectivity index (χ3n) is 6.11. The monoisotopic (exact) mass is 470 g/mol. The van der Waals surface area contributed by atoms with Crippen LogP contribution in [0.4, 0.5) is 13.2 Å². The number of fused-ring (bicyclic) bond motifs is 1. The molecule has 0 amide bonds. The van der Waals surface area contributed by atoms with Crippen LogP contribution in [0.3, 0.4) is 0 Å². The summed E-state index contributed by atoms with van der Waals surface area (Å²) in [6, 6.07) is 3.29. The first-order valence-electron chi connectivity index (χ1n) is 10.9. The van der Waals surface area contributed by atoms with E-state index in [1.165, 1.54) is 24.5 Å². The molecule has 0 saturated heterocycles. The van der Waals surface area contributed by atoms with E-state index < -0.39 is 41.6 Å². The molecule has 176 valence electrons. The van der Waals surface area contributed by atoms with Crippen molar-refractivity contribution in [2.45, 2.75) is 43.8 Å². The maximum Gasteiger partial charge on any atom is 0.283 e. The molecule has 34 heavy (non-hydrogen) atoms. The molecule has 10 heteroatoms. The largest absolute Gasteiger partial charge is 0.463 e. The van der Waals surface area contributed by atoms with Gasteiger partial charge >= 0.3 is 0 Å². The first-order valence-corrected chi connectivity index (χ1v) is 10.9. The third-order valence-corrected chi connectivity index (χ3v) is 6.11. The predicted molar refractivity (Wildman–Crippen MR) is 115 cm³/mol. The second kappa shape index (κ2) is 8.63. The number of Topliss-reactive ketones (excluding diaryl/α,β-unsaturated/α-hetero) is 1. The molecule has 1 aliphatic heterocycles. The molecule has 7 nitrogen and oxygen atoms in total. The molecular formula is C24H21F3N4O3. The number of carbonyl (C=O) groups excluding carboxylic acids is 1. The Labute approximate surface area is 193 Å². The average molecular weight is 470 g/mol. The molecule has 3 atom stereocenters. The molecule has 2 aromatic rings. The zero-order chi connectivity index (χ0) is 23.9. The topological polar surface area (TPSA) is 99.7 Å². The van der Waals surface area contributed by atoms with E-state index in [1.807, 2.05) is 0 Å². The highest BCUT2D eigenvalue weighted by Gasteiger charge is 2.64. The molecule has 2 aliphatic carbocycles. The van der Waals surface area contributed by atoms with E-state index in [0.717, 1.165) is 18.9 Å². The second-order valence-corrected chi connectivity index (χ2v) is 8.61. The summed E-state index contributed by atoms with van der Waals surface area (Å²) < 4.78 is 53.9. The van der Waals surface area contributed by atoms with Crippen LogP contribution < -0.4 is 10.5 Å². The van der Waals surface area contributed by atoms with Gasteiger partial charge in [0.25, 0.3) is 12.4 Å². The van der Waals surface area contributed by atoms with Gasteiger partial charge in [-0.2, -0.15) is 0 Å². The summed E-state index contributed by atoms with van der Waals surface area (Å²) >= 11 is 0. The third kappa shape index (κ3) is 4.30. The number of nitrogens with zero attached hydrogens (tertiary/aromatic N) is 3. The number of rotatable bonds is 7. The van der Waals surface area contributed by atoms with E-state index in [1.54, 1.807) is 0 Å². The number of hydrogen-bond donors (Lipinski definition) is 1. The van der Waals surface area contributed by atoms with Gasteiger partial charge in [0, 0.05) is 23.8 Å². The maximum atomic E-state index is 14.7. The van der Waals surface area contributed by atoms with Crippen LogP contribution in [-0.2, 0) is 16.7 Å². The van der Waals surface area contributed by atoms with Crippen LogP contribution >= 0.6 is 0 Å². The molecule has 2 saturated carbocycles. The number of aromatic nitrogens is 2. The van der Waals surface area contributed by atoms with Crippen LogP contribution in [0.5, 0.6) is 5.88 Å². The Kier molecular flexibility index (Phi) is 5.63. The normalized spacial score (nSPS) is 24.9. The summed E-state index contributed by atoms with van der Waals surface area (Å²) in [6.07, 6.45) is 1.43. The Morgan fingerprint density at radius 1 is 1.29 bits per heavy atom. The van der Waals surface area contributed by atoms with Crippen LogP contribution in [-0.4, -0.2) is 40.9 Å². The van der Waals surface area contributed by atoms with Gasteiger partial charge in [0.15, 0.2) is 17.9 Å². The Hall–Kier alpha value is -3.61. The fourth-order valence-electron chi connectivity index (χ4n) is 4.12. The molecule has 1 aromatic carbocycles. The number of carbonyl (C=O) groups is 1. The minimum absolute atomic E-state index is 0.0708. The number of hydrogen-bond acceptors (Lipinski definition) is 7. The van der Waals surface area contributed by atoms with Crippen molar-refractivity contribution in [3.8, 4) is 17.7 Å². The number of amidine groups is 1. The lowest BCUT2D eigenvalue weighted by Gasteiger charge is -2.33. The number of alkyl halides is 2. The van der Waals surface area contributed by atoms with Gasteiger partial charge in [-0.25, -0.2) is 28.1 Å². The lowest BCUT2D eigenvalue weighted by Crippen LogP contribution is -2.43. The minimum atomic E-state index is -3.00. The average Bonchev–Trinajstić information content (AvgIpc) is 3.73. The van der Waals surface area contributed by atoms with Gasteiger partial charge < -0.3 is 15.2 Å². The first kappa shape index (κ1) is 22.2. The molecule has 5 rings (SSSR count). The van der Waals surface area contributed by atoms with Crippen LogP contribution in [0.1, 0.15) is 40.9 Å². The van der Waals surface area contributed by atoms with Crippen LogP contribution in [0, 0.1) is 29.5 Å². The summed E-state index contributed by atoms with van der Waals surface area (Å²) in [7, 11) is 0. The summed E-state index contributed by atoms with van der Waals surface area (Å²) in [5.41, 5.74) is 3.57. The van der Waals surface area contributed by atoms with Gasteiger partial charge in [-0.1, -0.05) is 17.9 Å². The van der Waals surface area contributed by atoms with Crippen molar-refractivity contribution >= 4 is 11.8 Å². The summed E-state index contributed by atoms with van der Waals surface area (Å²) in [5, 5.41) is 0. The zero-order valence-corrected chi connectivity index (χ0v) is 18.0. The van der Waals surface area contributed by atoms with Gasteiger partial charge in [0.1, 0.15) is 17.6 Å². The van der Waals surface area contributed by atoms with Crippen molar-refractivity contribution in [1.29, 1.82) is 0 Å². The second-order valence-electron chi connectivity index (χ2n) is 8.61. The lowest BCUT2D eigenvalue weighted by atomic mass is 9.83. The highest BCUT2D eigenvalue weighted by Crippen LogP contribution is 2.56. The summed E-state index contributed by atoms with van der Waals surface area (Å²) in [4.78, 5) is 24.7. The quantitative estimate of drug-likeness (QED) is 0.493. The molecule has 0 bridgehead atoms.